The van der Waals surface area contributed by atoms with E-state index in [1.807, 2.05) is 19.1 Å². The van der Waals surface area contributed by atoms with Crippen LogP contribution < -0.4 is 5.73 Å². The summed E-state index contributed by atoms with van der Waals surface area (Å²) in [6.45, 7) is 2.62. The van der Waals surface area contributed by atoms with Crippen LogP contribution in [-0.4, -0.2) is 16.5 Å². The molecule has 2 rings (SSSR count). The number of nitrogens with two attached hydrogens (primary N) is 1. The number of thiophene rings is 1. The summed E-state index contributed by atoms with van der Waals surface area (Å²) < 4.78 is 0.785. The molecule has 0 bridgehead atoms. The Kier molecular flexibility index (Phi) is 3.09. The zero-order chi connectivity index (χ0) is 10.8. The van der Waals surface area contributed by atoms with Crippen LogP contribution in [0.15, 0.2) is 12.1 Å². The SMILES string of the molecule is Cc1[nH]c(CCN)nc1-c1ccc(Cl)s1. The predicted molar refractivity (Wildman–Crippen MR) is 64.4 cm³/mol. The molecule has 0 fully saturated rings. The van der Waals surface area contributed by atoms with Crippen molar-refractivity contribution in [2.75, 3.05) is 6.54 Å². The van der Waals surface area contributed by atoms with Crippen LogP contribution in [0.1, 0.15) is 11.5 Å². The molecule has 5 heteroatoms. The molecule has 0 atom stereocenters. The molecule has 0 radical (unpaired) electrons. The van der Waals surface area contributed by atoms with Crippen molar-refractivity contribution >= 4 is 22.9 Å². The van der Waals surface area contributed by atoms with E-state index in [9.17, 15) is 0 Å². The van der Waals surface area contributed by atoms with Gasteiger partial charge in [-0.1, -0.05) is 11.6 Å². The molecule has 0 aliphatic rings. The van der Waals surface area contributed by atoms with E-state index in [-0.39, 0.29) is 0 Å². The highest BCUT2D eigenvalue weighted by atomic mass is 35.5. The third kappa shape index (κ3) is 2.22. The van der Waals surface area contributed by atoms with Gasteiger partial charge in [-0.3, -0.25) is 0 Å². The fraction of sp³-hybridized carbons (Fsp3) is 0.300. The van der Waals surface area contributed by atoms with Crippen molar-refractivity contribution in [3.05, 3.63) is 28.0 Å². The van der Waals surface area contributed by atoms with Crippen LogP contribution in [0.2, 0.25) is 4.34 Å². The molecule has 0 unspecified atom stereocenters. The Balaban J connectivity index is 2.35. The highest BCUT2D eigenvalue weighted by molar-refractivity contribution is 7.19. The van der Waals surface area contributed by atoms with Crippen LogP contribution >= 0.6 is 22.9 Å². The first-order chi connectivity index (χ1) is 7.20. The van der Waals surface area contributed by atoms with Gasteiger partial charge in [-0.05, 0) is 25.6 Å². The van der Waals surface area contributed by atoms with Gasteiger partial charge in [-0.15, -0.1) is 11.3 Å². The molecule has 80 valence electrons. The lowest BCUT2D eigenvalue weighted by molar-refractivity contribution is 0.891. The average Bonchev–Trinajstić information content (AvgIpc) is 2.73. The number of nitrogens with one attached hydrogen (secondary N) is 1. The van der Waals surface area contributed by atoms with E-state index in [2.05, 4.69) is 9.97 Å². The predicted octanol–water partition coefficient (Wildman–Crippen LogP) is 2.60. The van der Waals surface area contributed by atoms with Gasteiger partial charge >= 0.3 is 0 Å². The second-order valence-electron chi connectivity index (χ2n) is 3.30. The Morgan fingerprint density at radius 1 is 1.53 bits per heavy atom. The van der Waals surface area contributed by atoms with Crippen LogP contribution in [0.3, 0.4) is 0 Å². The molecule has 2 heterocycles. The van der Waals surface area contributed by atoms with Crippen molar-refractivity contribution < 1.29 is 0 Å². The minimum absolute atomic E-state index is 0.609. The van der Waals surface area contributed by atoms with E-state index < -0.39 is 0 Å². The quantitative estimate of drug-likeness (QED) is 0.868. The summed E-state index contributed by atoms with van der Waals surface area (Å²) in [5, 5.41) is 0. The van der Waals surface area contributed by atoms with Gasteiger partial charge in [0.2, 0.25) is 0 Å². The highest BCUT2D eigenvalue weighted by Crippen LogP contribution is 2.31. The van der Waals surface area contributed by atoms with Gasteiger partial charge in [0.05, 0.1) is 9.21 Å². The average molecular weight is 242 g/mol. The molecular formula is C10H12ClN3S. The number of aromatic amines is 1. The number of aryl methyl sites for hydroxylation is 1. The van der Waals surface area contributed by atoms with Crippen LogP contribution in [-0.2, 0) is 6.42 Å². The monoisotopic (exact) mass is 241 g/mol. The molecule has 0 amide bonds. The Labute approximate surface area is 97.3 Å². The zero-order valence-corrected chi connectivity index (χ0v) is 9.95. The smallest absolute Gasteiger partial charge is 0.108 e. The lowest BCUT2D eigenvalue weighted by atomic mass is 10.3. The third-order valence-electron chi connectivity index (χ3n) is 2.12. The Morgan fingerprint density at radius 3 is 2.93 bits per heavy atom. The molecule has 0 saturated heterocycles. The van der Waals surface area contributed by atoms with E-state index >= 15 is 0 Å². The largest absolute Gasteiger partial charge is 0.346 e. The zero-order valence-electron chi connectivity index (χ0n) is 8.38. The topological polar surface area (TPSA) is 54.7 Å². The number of imidazole rings is 1. The summed E-state index contributed by atoms with van der Waals surface area (Å²) in [6.07, 6.45) is 0.778. The molecular weight excluding hydrogens is 230 g/mol. The van der Waals surface area contributed by atoms with Gasteiger partial charge < -0.3 is 10.7 Å². The normalized spacial score (nSPS) is 10.9. The van der Waals surface area contributed by atoms with Crippen LogP contribution in [0.5, 0.6) is 0 Å². The summed E-state index contributed by atoms with van der Waals surface area (Å²) in [5.41, 5.74) is 7.53. The van der Waals surface area contributed by atoms with Gasteiger partial charge in [0.1, 0.15) is 11.5 Å². The first-order valence-electron chi connectivity index (χ1n) is 4.72. The van der Waals surface area contributed by atoms with Crippen LogP contribution in [0.4, 0.5) is 0 Å². The number of nitrogens with zero attached hydrogens (tertiary/aromatic N) is 1. The minimum atomic E-state index is 0.609. The molecule has 0 aliphatic heterocycles. The highest BCUT2D eigenvalue weighted by Gasteiger charge is 2.10. The maximum Gasteiger partial charge on any atom is 0.108 e. The van der Waals surface area contributed by atoms with Crippen molar-refractivity contribution in [1.29, 1.82) is 0 Å². The lowest BCUT2D eigenvalue weighted by Gasteiger charge is -1.90. The van der Waals surface area contributed by atoms with E-state index in [1.165, 1.54) is 11.3 Å². The number of aromatic nitrogens is 2. The van der Waals surface area contributed by atoms with Gasteiger partial charge in [-0.25, -0.2) is 4.98 Å². The fourth-order valence-electron chi connectivity index (χ4n) is 1.46. The van der Waals surface area contributed by atoms with E-state index in [4.69, 9.17) is 17.3 Å². The summed E-state index contributed by atoms with van der Waals surface area (Å²) >= 11 is 7.43. The van der Waals surface area contributed by atoms with Gasteiger partial charge in [-0.2, -0.15) is 0 Å². The molecule has 15 heavy (non-hydrogen) atoms. The summed E-state index contributed by atoms with van der Waals surface area (Å²) in [4.78, 5) is 8.82. The fourth-order valence-corrected chi connectivity index (χ4v) is 2.55. The lowest BCUT2D eigenvalue weighted by Crippen LogP contribution is -2.03. The van der Waals surface area contributed by atoms with Crippen molar-refractivity contribution in [1.82, 2.24) is 9.97 Å². The second-order valence-corrected chi connectivity index (χ2v) is 5.01. The number of hydrogen-bond donors (Lipinski definition) is 2. The molecule has 0 aliphatic carbocycles. The van der Waals surface area contributed by atoms with Gasteiger partial charge in [0.15, 0.2) is 0 Å². The Morgan fingerprint density at radius 2 is 2.33 bits per heavy atom. The number of hydrogen-bond acceptors (Lipinski definition) is 3. The summed E-state index contributed by atoms with van der Waals surface area (Å²) in [6, 6.07) is 3.88. The number of H-pyrrole nitrogens is 1. The first-order valence-corrected chi connectivity index (χ1v) is 5.91. The number of rotatable bonds is 3. The van der Waals surface area contributed by atoms with Gasteiger partial charge in [0, 0.05) is 12.1 Å². The molecule has 3 N–H and O–H groups in total. The molecule has 0 saturated carbocycles. The van der Waals surface area contributed by atoms with Crippen molar-refractivity contribution in [2.45, 2.75) is 13.3 Å². The molecule has 0 aromatic carbocycles. The number of halogens is 1. The van der Waals surface area contributed by atoms with Crippen LogP contribution in [0, 0.1) is 6.92 Å². The Hall–Kier alpha value is -0.840. The molecule has 2 aromatic heterocycles. The van der Waals surface area contributed by atoms with Gasteiger partial charge in [0.25, 0.3) is 0 Å². The van der Waals surface area contributed by atoms with Crippen molar-refractivity contribution in [3.8, 4) is 10.6 Å². The molecule has 0 spiro atoms. The summed E-state index contributed by atoms with van der Waals surface area (Å²) in [5.74, 6) is 0.939. The van der Waals surface area contributed by atoms with E-state index in [0.717, 1.165) is 32.8 Å². The Bertz CT molecular complexity index is 461. The minimum Gasteiger partial charge on any atom is -0.346 e. The maximum absolute atomic E-state index is 5.89. The standard InChI is InChI=1S/C10H12ClN3S/c1-6-10(7-2-3-8(11)15-7)14-9(13-6)4-5-12/h2-3H,4-5,12H2,1H3,(H,13,14). The van der Waals surface area contributed by atoms with Crippen molar-refractivity contribution in [2.24, 2.45) is 5.73 Å². The van der Waals surface area contributed by atoms with E-state index in [1.54, 1.807) is 0 Å². The van der Waals surface area contributed by atoms with Crippen molar-refractivity contribution in [3.63, 3.8) is 0 Å². The summed E-state index contributed by atoms with van der Waals surface area (Å²) in [7, 11) is 0. The maximum atomic E-state index is 5.89. The van der Waals surface area contributed by atoms with E-state index in [0.29, 0.717) is 6.54 Å². The first kappa shape index (κ1) is 10.7. The molecule has 3 nitrogen and oxygen atoms in total. The second kappa shape index (κ2) is 4.35. The van der Waals surface area contributed by atoms with Crippen LogP contribution in [0.25, 0.3) is 10.6 Å². The molecule has 2 aromatic rings. The third-order valence-corrected chi connectivity index (χ3v) is 3.36.